The molecule has 1 fully saturated rings. The number of urea groups is 1. The highest BCUT2D eigenvalue weighted by atomic mass is 16.5. The third kappa shape index (κ3) is 4.85. The highest BCUT2D eigenvalue weighted by Gasteiger charge is 2.37. The molecule has 0 aromatic carbocycles. The van der Waals surface area contributed by atoms with Crippen LogP contribution >= 0.6 is 0 Å². The van der Waals surface area contributed by atoms with Crippen molar-refractivity contribution in [3.05, 3.63) is 0 Å². The zero-order valence-corrected chi connectivity index (χ0v) is 15.2. The van der Waals surface area contributed by atoms with Crippen molar-refractivity contribution in [2.45, 2.75) is 77.0 Å². The van der Waals surface area contributed by atoms with Gasteiger partial charge in [0.25, 0.3) is 0 Å². The highest BCUT2D eigenvalue weighted by molar-refractivity contribution is 5.75. The first-order valence-corrected chi connectivity index (χ1v) is 8.46. The lowest BCUT2D eigenvalue weighted by Gasteiger charge is -2.40. The number of rotatable bonds is 8. The number of carbonyl (C=O) groups is 1. The molecule has 2 unspecified atom stereocenters. The van der Waals surface area contributed by atoms with Crippen molar-refractivity contribution in [1.82, 2.24) is 10.2 Å². The number of nitrogens with one attached hydrogen (secondary N) is 1. The normalized spacial score (nSPS) is 23.9. The SMILES string of the molecule is CCC(C)(C[C@@](C)(CC)NC(=O)N1CCCC1COC)OC. The summed E-state index contributed by atoms with van der Waals surface area (Å²) in [5, 5.41) is 3.25. The summed E-state index contributed by atoms with van der Waals surface area (Å²) >= 11 is 0. The van der Waals surface area contributed by atoms with Crippen LogP contribution in [0.5, 0.6) is 0 Å². The van der Waals surface area contributed by atoms with Crippen molar-refractivity contribution in [3.63, 3.8) is 0 Å². The smallest absolute Gasteiger partial charge is 0.318 e. The van der Waals surface area contributed by atoms with E-state index in [-0.39, 0.29) is 23.2 Å². The number of nitrogens with zero attached hydrogens (tertiary/aromatic N) is 1. The minimum absolute atomic E-state index is 0.0263. The van der Waals surface area contributed by atoms with Gasteiger partial charge in [0.15, 0.2) is 0 Å². The number of carbonyl (C=O) groups excluding carboxylic acids is 1. The van der Waals surface area contributed by atoms with Gasteiger partial charge in [-0.1, -0.05) is 13.8 Å². The molecule has 0 bridgehead atoms. The van der Waals surface area contributed by atoms with Gasteiger partial charge in [-0.05, 0) is 46.0 Å². The fourth-order valence-electron chi connectivity index (χ4n) is 3.22. The summed E-state index contributed by atoms with van der Waals surface area (Å²) in [6, 6.07) is 0.226. The molecule has 0 radical (unpaired) electrons. The summed E-state index contributed by atoms with van der Waals surface area (Å²) in [4.78, 5) is 14.6. The van der Waals surface area contributed by atoms with Crippen molar-refractivity contribution in [2.24, 2.45) is 0 Å². The fraction of sp³-hybridized carbons (Fsp3) is 0.941. The van der Waals surface area contributed by atoms with Gasteiger partial charge in [-0.15, -0.1) is 0 Å². The number of amides is 2. The van der Waals surface area contributed by atoms with Crippen LogP contribution in [-0.2, 0) is 9.47 Å². The van der Waals surface area contributed by atoms with E-state index in [1.165, 1.54) is 0 Å². The van der Waals surface area contributed by atoms with E-state index in [1.807, 2.05) is 4.90 Å². The highest BCUT2D eigenvalue weighted by Crippen LogP contribution is 2.29. The van der Waals surface area contributed by atoms with Gasteiger partial charge in [-0.2, -0.15) is 0 Å². The second kappa shape index (κ2) is 8.16. The summed E-state index contributed by atoms with van der Waals surface area (Å²) < 4.78 is 10.9. The first-order valence-electron chi connectivity index (χ1n) is 8.46. The fourth-order valence-corrected chi connectivity index (χ4v) is 3.22. The third-order valence-electron chi connectivity index (χ3n) is 5.19. The summed E-state index contributed by atoms with van der Waals surface area (Å²) in [5.41, 5.74) is -0.479. The molecule has 2 amide bonds. The Kier molecular flexibility index (Phi) is 7.13. The van der Waals surface area contributed by atoms with Gasteiger partial charge < -0.3 is 19.7 Å². The second-order valence-corrected chi connectivity index (χ2v) is 6.97. The molecule has 22 heavy (non-hydrogen) atoms. The number of ether oxygens (including phenoxy) is 2. The van der Waals surface area contributed by atoms with Crippen LogP contribution in [0.25, 0.3) is 0 Å². The van der Waals surface area contributed by atoms with Gasteiger partial charge in [0.05, 0.1) is 18.2 Å². The monoisotopic (exact) mass is 314 g/mol. The van der Waals surface area contributed by atoms with E-state index in [0.717, 1.165) is 38.6 Å². The van der Waals surface area contributed by atoms with Crippen LogP contribution in [0.3, 0.4) is 0 Å². The van der Waals surface area contributed by atoms with Crippen LogP contribution in [-0.4, -0.2) is 55.5 Å². The van der Waals surface area contributed by atoms with Crippen LogP contribution in [0.4, 0.5) is 4.79 Å². The zero-order valence-electron chi connectivity index (χ0n) is 15.2. The third-order valence-corrected chi connectivity index (χ3v) is 5.19. The molecule has 1 aliphatic heterocycles. The molecule has 5 heteroatoms. The minimum atomic E-state index is -0.266. The topological polar surface area (TPSA) is 50.8 Å². The summed E-state index contributed by atoms with van der Waals surface area (Å²) in [5.74, 6) is 0. The number of likely N-dealkylation sites (tertiary alicyclic amines) is 1. The maximum absolute atomic E-state index is 12.7. The number of hydrogen-bond acceptors (Lipinski definition) is 3. The minimum Gasteiger partial charge on any atom is -0.383 e. The molecular formula is C17H34N2O3. The van der Waals surface area contributed by atoms with Crippen molar-refractivity contribution in [2.75, 3.05) is 27.4 Å². The standard InChI is InChI=1S/C17H34N2O3/c1-7-16(3,13-17(4,8-2)22-6)18-15(20)19-11-9-10-14(19)12-21-5/h14H,7-13H2,1-6H3,(H,18,20)/t14?,16-,17?/m1/s1. The lowest BCUT2D eigenvalue weighted by Crippen LogP contribution is -2.55. The van der Waals surface area contributed by atoms with Crippen molar-refractivity contribution < 1.29 is 14.3 Å². The van der Waals surface area contributed by atoms with Crippen LogP contribution in [0.15, 0.2) is 0 Å². The first kappa shape index (κ1) is 19.2. The Morgan fingerprint density at radius 3 is 2.45 bits per heavy atom. The van der Waals surface area contributed by atoms with Gasteiger partial charge >= 0.3 is 6.03 Å². The van der Waals surface area contributed by atoms with Crippen molar-refractivity contribution in [3.8, 4) is 0 Å². The van der Waals surface area contributed by atoms with Crippen LogP contribution in [0.2, 0.25) is 0 Å². The average molecular weight is 314 g/mol. The molecule has 3 atom stereocenters. The second-order valence-electron chi connectivity index (χ2n) is 6.97. The van der Waals surface area contributed by atoms with Gasteiger partial charge in [-0.3, -0.25) is 0 Å². The van der Waals surface area contributed by atoms with Crippen molar-refractivity contribution in [1.29, 1.82) is 0 Å². The molecule has 0 aromatic heterocycles. The molecule has 1 rings (SSSR count). The van der Waals surface area contributed by atoms with Gasteiger partial charge in [0, 0.05) is 26.3 Å². The Morgan fingerprint density at radius 2 is 1.95 bits per heavy atom. The van der Waals surface area contributed by atoms with E-state index < -0.39 is 0 Å². The summed E-state index contributed by atoms with van der Waals surface area (Å²) in [6.45, 7) is 9.88. The maximum atomic E-state index is 12.7. The van der Waals surface area contributed by atoms with E-state index in [2.05, 4.69) is 33.0 Å². The van der Waals surface area contributed by atoms with Crippen LogP contribution in [0, 0.1) is 0 Å². The van der Waals surface area contributed by atoms with E-state index in [1.54, 1.807) is 14.2 Å². The van der Waals surface area contributed by atoms with Gasteiger partial charge in [0.2, 0.25) is 0 Å². The Balaban J connectivity index is 2.73. The Labute approximate surface area is 135 Å². The molecule has 1 aliphatic rings. The van der Waals surface area contributed by atoms with E-state index in [4.69, 9.17) is 9.47 Å². The Bertz CT molecular complexity index is 358. The molecule has 0 saturated carbocycles. The zero-order chi connectivity index (χ0) is 16.8. The van der Waals surface area contributed by atoms with E-state index in [0.29, 0.717) is 6.61 Å². The molecule has 0 spiro atoms. The number of hydrogen-bond donors (Lipinski definition) is 1. The molecule has 5 nitrogen and oxygen atoms in total. The molecule has 1 saturated heterocycles. The van der Waals surface area contributed by atoms with Crippen LogP contribution < -0.4 is 5.32 Å². The summed E-state index contributed by atoms with van der Waals surface area (Å²) in [6.07, 6.45) is 4.67. The lowest BCUT2D eigenvalue weighted by atomic mass is 9.83. The van der Waals surface area contributed by atoms with Crippen LogP contribution in [0.1, 0.15) is 59.8 Å². The number of methoxy groups -OCH3 is 2. The predicted octanol–water partition coefficient (Wildman–Crippen LogP) is 3.18. The quantitative estimate of drug-likeness (QED) is 0.748. The average Bonchev–Trinajstić information content (AvgIpc) is 2.96. The molecular weight excluding hydrogens is 280 g/mol. The van der Waals surface area contributed by atoms with Gasteiger partial charge in [-0.25, -0.2) is 4.79 Å². The molecule has 130 valence electrons. The molecule has 1 heterocycles. The van der Waals surface area contributed by atoms with Crippen molar-refractivity contribution >= 4 is 6.03 Å². The first-order chi connectivity index (χ1) is 10.3. The van der Waals surface area contributed by atoms with E-state index in [9.17, 15) is 4.79 Å². The maximum Gasteiger partial charge on any atom is 0.318 e. The Hall–Kier alpha value is -0.810. The molecule has 1 N–H and O–H groups in total. The largest absolute Gasteiger partial charge is 0.383 e. The molecule has 0 aliphatic carbocycles. The lowest BCUT2D eigenvalue weighted by molar-refractivity contribution is -0.0242. The summed E-state index contributed by atoms with van der Waals surface area (Å²) in [7, 11) is 3.44. The van der Waals surface area contributed by atoms with E-state index >= 15 is 0 Å². The predicted molar refractivity (Wildman–Crippen MR) is 89.2 cm³/mol. The Morgan fingerprint density at radius 1 is 1.27 bits per heavy atom. The van der Waals surface area contributed by atoms with Gasteiger partial charge in [0.1, 0.15) is 0 Å². The molecule has 0 aromatic rings.